The SMILES string of the molecule is Cn1cnnc1-c1ccccc1-c1cccc(-n2cnc3cc(C(=O)O)cc(C(F)(F)F)c32)c1. The van der Waals surface area contributed by atoms with E-state index in [1.54, 1.807) is 29.1 Å². The lowest BCUT2D eigenvalue weighted by molar-refractivity contribution is -0.136. The first-order chi connectivity index (χ1) is 16.2. The van der Waals surface area contributed by atoms with Crippen LogP contribution in [0.25, 0.3) is 39.2 Å². The van der Waals surface area contributed by atoms with Crippen LogP contribution < -0.4 is 0 Å². The van der Waals surface area contributed by atoms with Crippen molar-refractivity contribution in [2.75, 3.05) is 0 Å². The minimum atomic E-state index is -4.77. The molecular formula is C24H16F3N5O2. The number of halogens is 3. The van der Waals surface area contributed by atoms with Crippen LogP contribution in [0, 0.1) is 0 Å². The molecule has 0 unspecified atom stereocenters. The number of aromatic carboxylic acids is 1. The molecule has 3 aromatic carbocycles. The topological polar surface area (TPSA) is 85.8 Å². The van der Waals surface area contributed by atoms with E-state index < -0.39 is 23.3 Å². The number of alkyl halides is 3. The lowest BCUT2D eigenvalue weighted by atomic mass is 9.98. The van der Waals surface area contributed by atoms with Crippen LogP contribution in [0.15, 0.2) is 73.3 Å². The number of aryl methyl sites for hydroxylation is 1. The Balaban J connectivity index is 1.70. The van der Waals surface area contributed by atoms with Gasteiger partial charge in [-0.05, 0) is 35.4 Å². The molecule has 0 saturated carbocycles. The summed E-state index contributed by atoms with van der Waals surface area (Å²) in [5.41, 5.74) is 1.04. The first-order valence-corrected chi connectivity index (χ1v) is 10.1. The molecule has 5 rings (SSSR count). The second kappa shape index (κ2) is 7.84. The lowest BCUT2D eigenvalue weighted by Crippen LogP contribution is -2.10. The van der Waals surface area contributed by atoms with Gasteiger partial charge in [-0.15, -0.1) is 10.2 Å². The summed E-state index contributed by atoms with van der Waals surface area (Å²) in [4.78, 5) is 15.4. The monoisotopic (exact) mass is 463 g/mol. The summed E-state index contributed by atoms with van der Waals surface area (Å²) in [6, 6.07) is 16.3. The number of fused-ring (bicyclic) bond motifs is 1. The smallest absolute Gasteiger partial charge is 0.418 e. The first kappa shape index (κ1) is 21.4. The van der Waals surface area contributed by atoms with Crippen LogP contribution >= 0.6 is 0 Å². The molecular weight excluding hydrogens is 447 g/mol. The summed E-state index contributed by atoms with van der Waals surface area (Å²) in [6.45, 7) is 0. The molecule has 34 heavy (non-hydrogen) atoms. The van der Waals surface area contributed by atoms with Crippen LogP contribution in [0.3, 0.4) is 0 Å². The predicted octanol–water partition coefficient (Wildman–Crippen LogP) is 5.21. The maximum atomic E-state index is 13.9. The molecule has 170 valence electrons. The fourth-order valence-electron chi connectivity index (χ4n) is 3.96. The van der Waals surface area contributed by atoms with Crippen molar-refractivity contribution in [1.82, 2.24) is 24.3 Å². The summed E-state index contributed by atoms with van der Waals surface area (Å²) >= 11 is 0. The van der Waals surface area contributed by atoms with Gasteiger partial charge in [0.1, 0.15) is 12.7 Å². The highest BCUT2D eigenvalue weighted by Gasteiger charge is 2.35. The fourth-order valence-corrected chi connectivity index (χ4v) is 3.96. The van der Waals surface area contributed by atoms with E-state index in [1.165, 1.54) is 10.9 Å². The molecule has 5 aromatic rings. The number of aromatic nitrogens is 5. The van der Waals surface area contributed by atoms with Gasteiger partial charge >= 0.3 is 12.1 Å². The third-order valence-electron chi connectivity index (χ3n) is 5.51. The van der Waals surface area contributed by atoms with E-state index in [0.29, 0.717) is 17.6 Å². The van der Waals surface area contributed by atoms with Gasteiger partial charge in [-0.2, -0.15) is 13.2 Å². The minimum Gasteiger partial charge on any atom is -0.478 e. The Hall–Kier alpha value is -4.47. The molecule has 0 aliphatic heterocycles. The number of carboxylic acids is 1. The number of carboxylic acid groups (broad SMARTS) is 1. The molecule has 2 aromatic heterocycles. The number of imidazole rings is 1. The Morgan fingerprint density at radius 1 is 0.971 bits per heavy atom. The molecule has 0 spiro atoms. The Labute approximate surface area is 190 Å². The van der Waals surface area contributed by atoms with Crippen LogP contribution in [-0.4, -0.2) is 35.4 Å². The summed E-state index contributed by atoms with van der Waals surface area (Å²) < 4.78 is 44.7. The highest BCUT2D eigenvalue weighted by molar-refractivity contribution is 5.94. The molecule has 0 fully saturated rings. The Morgan fingerprint density at radius 2 is 1.74 bits per heavy atom. The highest BCUT2D eigenvalue weighted by atomic mass is 19.4. The second-order valence-corrected chi connectivity index (χ2v) is 7.67. The van der Waals surface area contributed by atoms with Crippen molar-refractivity contribution < 1.29 is 23.1 Å². The van der Waals surface area contributed by atoms with Gasteiger partial charge in [-0.1, -0.05) is 36.4 Å². The van der Waals surface area contributed by atoms with Gasteiger partial charge in [0, 0.05) is 18.3 Å². The Kier molecular flexibility index (Phi) is 4.93. The van der Waals surface area contributed by atoms with E-state index in [4.69, 9.17) is 0 Å². The number of hydrogen-bond donors (Lipinski definition) is 1. The van der Waals surface area contributed by atoms with Gasteiger partial charge in [0.25, 0.3) is 0 Å². The van der Waals surface area contributed by atoms with Crippen molar-refractivity contribution in [2.24, 2.45) is 7.05 Å². The van der Waals surface area contributed by atoms with Crippen molar-refractivity contribution in [1.29, 1.82) is 0 Å². The van der Waals surface area contributed by atoms with Gasteiger partial charge in [0.2, 0.25) is 0 Å². The van der Waals surface area contributed by atoms with E-state index in [2.05, 4.69) is 15.2 Å². The van der Waals surface area contributed by atoms with E-state index in [9.17, 15) is 23.1 Å². The van der Waals surface area contributed by atoms with Crippen LogP contribution in [-0.2, 0) is 13.2 Å². The summed E-state index contributed by atoms with van der Waals surface area (Å²) in [6.07, 6.45) is -1.92. The molecule has 0 atom stereocenters. The molecule has 0 aliphatic rings. The van der Waals surface area contributed by atoms with Gasteiger partial charge in [0.05, 0.1) is 22.2 Å². The van der Waals surface area contributed by atoms with Gasteiger partial charge in [0.15, 0.2) is 5.82 Å². The van der Waals surface area contributed by atoms with E-state index in [0.717, 1.165) is 22.8 Å². The van der Waals surface area contributed by atoms with Crippen molar-refractivity contribution in [3.8, 4) is 28.2 Å². The Bertz CT molecular complexity index is 1550. The maximum Gasteiger partial charge on any atom is 0.418 e. The second-order valence-electron chi connectivity index (χ2n) is 7.67. The summed E-state index contributed by atoms with van der Waals surface area (Å²) in [7, 11) is 1.82. The van der Waals surface area contributed by atoms with Crippen molar-refractivity contribution in [3.05, 3.63) is 84.4 Å². The van der Waals surface area contributed by atoms with Crippen LogP contribution in [0.4, 0.5) is 13.2 Å². The van der Waals surface area contributed by atoms with E-state index in [-0.39, 0.29) is 11.0 Å². The van der Waals surface area contributed by atoms with Gasteiger partial charge in [-0.25, -0.2) is 9.78 Å². The molecule has 10 heteroatoms. The zero-order valence-electron chi connectivity index (χ0n) is 17.7. The summed E-state index contributed by atoms with van der Waals surface area (Å²) in [5.74, 6) is -0.807. The van der Waals surface area contributed by atoms with Crippen molar-refractivity contribution in [2.45, 2.75) is 6.18 Å². The van der Waals surface area contributed by atoms with E-state index >= 15 is 0 Å². The molecule has 1 N–H and O–H groups in total. The van der Waals surface area contributed by atoms with Crippen LogP contribution in [0.2, 0.25) is 0 Å². The predicted molar refractivity (Wildman–Crippen MR) is 118 cm³/mol. The quantitative estimate of drug-likeness (QED) is 0.396. The number of carbonyl (C=O) groups is 1. The zero-order chi connectivity index (χ0) is 24.0. The summed E-state index contributed by atoms with van der Waals surface area (Å²) in [5, 5.41) is 17.3. The largest absolute Gasteiger partial charge is 0.478 e. The number of hydrogen-bond acceptors (Lipinski definition) is 4. The molecule has 0 aliphatic carbocycles. The van der Waals surface area contributed by atoms with Gasteiger partial charge in [-0.3, -0.25) is 4.57 Å². The Morgan fingerprint density at radius 3 is 2.41 bits per heavy atom. The maximum absolute atomic E-state index is 13.9. The average Bonchev–Trinajstić information content (AvgIpc) is 3.44. The molecule has 0 bridgehead atoms. The number of nitrogens with zero attached hydrogens (tertiary/aromatic N) is 5. The number of rotatable bonds is 4. The molecule has 0 radical (unpaired) electrons. The lowest BCUT2D eigenvalue weighted by Gasteiger charge is -2.14. The zero-order valence-corrected chi connectivity index (χ0v) is 17.7. The standard InChI is InChI=1S/C24H16F3N5O2/c1-31-13-29-30-22(31)18-8-3-2-7-17(18)14-5-4-6-16(9-14)32-12-28-20-11-15(23(33)34)10-19(21(20)32)24(25,26)27/h2-13H,1H3,(H,33,34). The normalized spacial score (nSPS) is 11.8. The molecule has 0 saturated heterocycles. The minimum absolute atomic E-state index is 0.0582. The van der Waals surface area contributed by atoms with Crippen molar-refractivity contribution >= 4 is 17.0 Å². The van der Waals surface area contributed by atoms with Gasteiger partial charge < -0.3 is 9.67 Å². The molecule has 2 heterocycles. The fraction of sp³-hybridized carbons (Fsp3) is 0.0833. The van der Waals surface area contributed by atoms with Crippen LogP contribution in [0.5, 0.6) is 0 Å². The number of benzene rings is 3. The van der Waals surface area contributed by atoms with E-state index in [1.807, 2.05) is 37.4 Å². The highest BCUT2D eigenvalue weighted by Crippen LogP contribution is 2.37. The molecule has 7 nitrogen and oxygen atoms in total. The average molecular weight is 463 g/mol. The molecule has 0 amide bonds. The third kappa shape index (κ3) is 3.58. The third-order valence-corrected chi connectivity index (χ3v) is 5.51. The van der Waals surface area contributed by atoms with Crippen LogP contribution in [0.1, 0.15) is 15.9 Å². The first-order valence-electron chi connectivity index (χ1n) is 10.1. The van der Waals surface area contributed by atoms with Crippen molar-refractivity contribution in [3.63, 3.8) is 0 Å².